The predicted octanol–water partition coefficient (Wildman–Crippen LogP) is 1.96. The molecule has 0 aromatic carbocycles. The lowest BCUT2D eigenvalue weighted by Gasteiger charge is -2.34. The van der Waals surface area contributed by atoms with Gasteiger partial charge in [0, 0.05) is 51.2 Å². The standard InChI is InChI=1S/C19H32N6OS.HI/c1-15-6-5-7-17(22-15)25-11-8-16(9-12-25)23-19(20-10-13-27-4)21-14-18(26)24(2)3;/h5-7,16H,8-14H2,1-4H3,(H2,20,21,23);1H. The van der Waals surface area contributed by atoms with Crippen LogP contribution in [0.5, 0.6) is 0 Å². The Balaban J connectivity index is 0.00000392. The fourth-order valence-corrected chi connectivity index (χ4v) is 3.17. The minimum absolute atomic E-state index is 0. The monoisotopic (exact) mass is 520 g/mol. The highest BCUT2D eigenvalue weighted by atomic mass is 127. The van der Waals surface area contributed by atoms with Gasteiger partial charge in [0.25, 0.3) is 0 Å². The van der Waals surface area contributed by atoms with Crippen molar-refractivity contribution < 1.29 is 4.79 Å². The number of rotatable bonds is 7. The zero-order chi connectivity index (χ0) is 19.6. The Morgan fingerprint density at radius 1 is 1.36 bits per heavy atom. The first kappa shape index (κ1) is 24.8. The quantitative estimate of drug-likeness (QED) is 0.248. The fourth-order valence-electron chi connectivity index (χ4n) is 2.86. The lowest BCUT2D eigenvalue weighted by molar-refractivity contribution is -0.127. The molecule has 2 rings (SSSR count). The molecule has 0 radical (unpaired) electrons. The third-order valence-corrected chi connectivity index (χ3v) is 5.12. The van der Waals surface area contributed by atoms with Crippen molar-refractivity contribution in [1.82, 2.24) is 20.5 Å². The Morgan fingerprint density at radius 2 is 2.07 bits per heavy atom. The number of likely N-dealkylation sites (N-methyl/N-ethyl adjacent to an activating group) is 1. The summed E-state index contributed by atoms with van der Waals surface area (Å²) in [5, 5.41) is 6.84. The number of hydrogen-bond acceptors (Lipinski definition) is 5. The summed E-state index contributed by atoms with van der Waals surface area (Å²) >= 11 is 1.78. The molecule has 1 amide bonds. The van der Waals surface area contributed by atoms with Gasteiger partial charge in [0.05, 0.1) is 0 Å². The first-order valence-corrected chi connectivity index (χ1v) is 10.8. The lowest BCUT2D eigenvalue weighted by atomic mass is 10.1. The van der Waals surface area contributed by atoms with Gasteiger partial charge >= 0.3 is 0 Å². The lowest BCUT2D eigenvalue weighted by Crippen LogP contribution is -2.49. The number of halogens is 1. The molecule has 0 aliphatic carbocycles. The van der Waals surface area contributed by atoms with Gasteiger partial charge in [-0.05, 0) is 38.2 Å². The van der Waals surface area contributed by atoms with Crippen molar-refractivity contribution in [3.8, 4) is 0 Å². The zero-order valence-corrected chi connectivity index (χ0v) is 20.4. The summed E-state index contributed by atoms with van der Waals surface area (Å²) in [5.41, 5.74) is 1.05. The molecule has 28 heavy (non-hydrogen) atoms. The van der Waals surface area contributed by atoms with E-state index < -0.39 is 0 Å². The van der Waals surface area contributed by atoms with E-state index in [1.807, 2.05) is 13.0 Å². The molecule has 1 aliphatic rings. The fraction of sp³-hybridized carbons (Fsp3) is 0.632. The van der Waals surface area contributed by atoms with E-state index >= 15 is 0 Å². The third-order valence-electron chi connectivity index (χ3n) is 4.50. The second-order valence-electron chi connectivity index (χ2n) is 6.92. The van der Waals surface area contributed by atoms with E-state index in [0.29, 0.717) is 6.04 Å². The number of amides is 1. The molecule has 158 valence electrons. The summed E-state index contributed by atoms with van der Waals surface area (Å²) in [6.07, 6.45) is 4.11. The molecular formula is C19H33IN6OS. The van der Waals surface area contributed by atoms with Gasteiger partial charge in [-0.3, -0.25) is 4.79 Å². The van der Waals surface area contributed by atoms with Crippen LogP contribution in [-0.4, -0.2) is 80.1 Å². The second kappa shape index (κ2) is 13.1. The number of guanidine groups is 1. The van der Waals surface area contributed by atoms with Crippen LogP contribution in [0.3, 0.4) is 0 Å². The van der Waals surface area contributed by atoms with Crippen molar-refractivity contribution >= 4 is 53.4 Å². The van der Waals surface area contributed by atoms with Gasteiger partial charge in [0.1, 0.15) is 12.4 Å². The minimum atomic E-state index is 0. The Kier molecular flexibility index (Phi) is 11.6. The van der Waals surface area contributed by atoms with Gasteiger partial charge in [-0.1, -0.05) is 6.07 Å². The molecule has 0 saturated carbocycles. The van der Waals surface area contributed by atoms with Gasteiger partial charge in [-0.25, -0.2) is 9.98 Å². The van der Waals surface area contributed by atoms with Crippen LogP contribution in [0.25, 0.3) is 0 Å². The number of carbonyl (C=O) groups excluding carboxylic acids is 1. The maximum Gasteiger partial charge on any atom is 0.243 e. The summed E-state index contributed by atoms with van der Waals surface area (Å²) in [7, 11) is 3.50. The molecular weight excluding hydrogens is 487 g/mol. The number of carbonyl (C=O) groups is 1. The van der Waals surface area contributed by atoms with Gasteiger partial charge in [-0.2, -0.15) is 11.8 Å². The summed E-state index contributed by atoms with van der Waals surface area (Å²) in [6.45, 7) is 4.93. The molecule has 2 heterocycles. The topological polar surface area (TPSA) is 72.9 Å². The molecule has 1 aromatic heterocycles. The maximum atomic E-state index is 11.8. The number of anilines is 1. The van der Waals surface area contributed by atoms with E-state index in [9.17, 15) is 4.79 Å². The highest BCUT2D eigenvalue weighted by molar-refractivity contribution is 14.0. The normalized spacial score (nSPS) is 15.0. The number of pyridine rings is 1. The SMILES string of the molecule is CSCCNC(=NCC(=O)N(C)C)NC1CCN(c2cccc(C)n2)CC1.I. The predicted molar refractivity (Wildman–Crippen MR) is 130 cm³/mol. The Labute approximate surface area is 190 Å². The van der Waals surface area contributed by atoms with Crippen LogP contribution < -0.4 is 15.5 Å². The van der Waals surface area contributed by atoms with Crippen molar-refractivity contribution in [1.29, 1.82) is 0 Å². The first-order chi connectivity index (χ1) is 13.0. The van der Waals surface area contributed by atoms with E-state index in [1.54, 1.807) is 30.8 Å². The number of thioether (sulfide) groups is 1. The Hall–Kier alpha value is -1.23. The van der Waals surface area contributed by atoms with Crippen LogP contribution in [0.1, 0.15) is 18.5 Å². The summed E-state index contributed by atoms with van der Waals surface area (Å²) in [5.74, 6) is 2.78. The first-order valence-electron chi connectivity index (χ1n) is 9.42. The van der Waals surface area contributed by atoms with Crippen molar-refractivity contribution in [2.45, 2.75) is 25.8 Å². The van der Waals surface area contributed by atoms with Crippen molar-refractivity contribution in [2.24, 2.45) is 4.99 Å². The minimum Gasteiger partial charge on any atom is -0.356 e. The molecule has 9 heteroatoms. The zero-order valence-electron chi connectivity index (χ0n) is 17.3. The molecule has 1 saturated heterocycles. The van der Waals surface area contributed by atoms with E-state index in [-0.39, 0.29) is 36.4 Å². The van der Waals surface area contributed by atoms with Crippen molar-refractivity contribution in [3.63, 3.8) is 0 Å². The summed E-state index contributed by atoms with van der Waals surface area (Å²) < 4.78 is 0. The third kappa shape index (κ3) is 8.42. The number of piperidine rings is 1. The maximum absolute atomic E-state index is 11.8. The van der Waals surface area contributed by atoms with Crippen molar-refractivity contribution in [3.05, 3.63) is 23.9 Å². The molecule has 1 fully saturated rings. The second-order valence-corrected chi connectivity index (χ2v) is 7.90. The largest absolute Gasteiger partial charge is 0.356 e. The van der Waals surface area contributed by atoms with Gasteiger partial charge < -0.3 is 20.4 Å². The molecule has 1 aromatic rings. The molecule has 7 nitrogen and oxygen atoms in total. The molecule has 1 aliphatic heterocycles. The van der Waals surface area contributed by atoms with Crippen LogP contribution in [0.2, 0.25) is 0 Å². The molecule has 0 bridgehead atoms. The molecule has 0 unspecified atom stereocenters. The highest BCUT2D eigenvalue weighted by Gasteiger charge is 2.21. The summed E-state index contributed by atoms with van der Waals surface area (Å²) in [4.78, 5) is 24.8. The number of nitrogens with one attached hydrogen (secondary N) is 2. The Morgan fingerprint density at radius 3 is 2.68 bits per heavy atom. The number of aromatic nitrogens is 1. The van der Waals surface area contributed by atoms with E-state index in [2.05, 4.69) is 43.9 Å². The van der Waals surface area contributed by atoms with E-state index in [4.69, 9.17) is 0 Å². The van der Waals surface area contributed by atoms with Gasteiger partial charge in [-0.15, -0.1) is 24.0 Å². The molecule has 0 spiro atoms. The molecule has 2 N–H and O–H groups in total. The summed E-state index contributed by atoms with van der Waals surface area (Å²) in [6, 6.07) is 6.51. The van der Waals surface area contributed by atoms with Crippen LogP contribution in [0, 0.1) is 6.92 Å². The van der Waals surface area contributed by atoms with Gasteiger partial charge in [0.2, 0.25) is 5.91 Å². The van der Waals surface area contributed by atoms with Crippen LogP contribution >= 0.6 is 35.7 Å². The molecule has 0 atom stereocenters. The number of hydrogen-bond donors (Lipinski definition) is 2. The smallest absolute Gasteiger partial charge is 0.243 e. The highest BCUT2D eigenvalue weighted by Crippen LogP contribution is 2.18. The average molecular weight is 520 g/mol. The van der Waals surface area contributed by atoms with Crippen molar-refractivity contribution in [2.75, 3.05) is 57.2 Å². The Bertz CT molecular complexity index is 635. The van der Waals surface area contributed by atoms with E-state index in [0.717, 1.165) is 55.7 Å². The van der Waals surface area contributed by atoms with Crippen LogP contribution in [0.15, 0.2) is 23.2 Å². The van der Waals surface area contributed by atoms with Crippen LogP contribution in [-0.2, 0) is 4.79 Å². The van der Waals surface area contributed by atoms with E-state index in [1.165, 1.54) is 0 Å². The number of aliphatic imine (C=N–C) groups is 1. The van der Waals surface area contributed by atoms with Gasteiger partial charge in [0.15, 0.2) is 5.96 Å². The average Bonchev–Trinajstić information content (AvgIpc) is 2.66. The number of nitrogens with zero attached hydrogens (tertiary/aromatic N) is 4. The van der Waals surface area contributed by atoms with Crippen LogP contribution in [0.4, 0.5) is 5.82 Å². The number of aryl methyl sites for hydroxylation is 1.